The molecular formula is C38H75N3O13Si8. The van der Waals surface area contributed by atoms with Crippen molar-refractivity contribution < 1.29 is 54.1 Å². The molecule has 6 aliphatic rings. The van der Waals surface area contributed by atoms with E-state index in [9.17, 15) is 0 Å². The third-order valence-corrected chi connectivity index (χ3v) is 50.5. The van der Waals surface area contributed by atoms with E-state index in [0.29, 0.717) is 67.1 Å². The van der Waals surface area contributed by atoms with Crippen molar-refractivity contribution in [3.05, 3.63) is 40.3 Å². The van der Waals surface area contributed by atoms with Gasteiger partial charge in [0, 0.05) is 53.3 Å². The molecule has 0 aromatic heterocycles. The third kappa shape index (κ3) is 12.4. The minimum Gasteiger partial charge on any atom is -0.494 e. The summed E-state index contributed by atoms with van der Waals surface area (Å²) in [5.74, 6) is 1.34. The zero-order valence-corrected chi connectivity index (χ0v) is 47.8. The Balaban J connectivity index is 1.61. The number of rotatable bonds is 21. The highest BCUT2D eigenvalue weighted by Gasteiger charge is 2.83. The van der Waals surface area contributed by atoms with Crippen molar-refractivity contribution in [3.63, 3.8) is 0 Å². The molecule has 6 heterocycles. The van der Waals surface area contributed by atoms with Crippen LogP contribution in [0, 0.1) is 41.4 Å². The van der Waals surface area contributed by atoms with E-state index in [1.165, 1.54) is 0 Å². The quantitative estimate of drug-likeness (QED) is 0.0375. The fourth-order valence-electron chi connectivity index (χ4n) is 9.15. The second-order valence-corrected chi connectivity index (χ2v) is 44.9. The maximum atomic E-state index is 8.78. The molecule has 1 aromatic rings. The molecule has 8 bridgehead atoms. The van der Waals surface area contributed by atoms with Crippen LogP contribution in [0.25, 0.3) is 10.4 Å². The number of nitrogens with zero attached hydrogens (tertiary/aromatic N) is 3. The van der Waals surface area contributed by atoms with E-state index in [2.05, 4.69) is 107 Å². The summed E-state index contributed by atoms with van der Waals surface area (Å²) in [4.78, 5) is 2.88. The largest absolute Gasteiger partial charge is 0.494 e. The maximum absolute atomic E-state index is 8.78. The Morgan fingerprint density at radius 2 is 0.694 bits per heavy atom. The predicted octanol–water partition coefficient (Wildman–Crippen LogP) is 10.6. The van der Waals surface area contributed by atoms with Crippen LogP contribution < -0.4 is 4.74 Å². The van der Waals surface area contributed by atoms with E-state index in [4.69, 9.17) is 59.6 Å². The highest BCUT2D eigenvalue weighted by molar-refractivity contribution is 7.03. The zero-order chi connectivity index (χ0) is 45.4. The first-order chi connectivity index (χ1) is 28.9. The predicted molar refractivity (Wildman–Crippen MR) is 251 cm³/mol. The van der Waals surface area contributed by atoms with Crippen LogP contribution in [0.5, 0.6) is 5.75 Å². The van der Waals surface area contributed by atoms with Gasteiger partial charge in [-0.2, -0.15) is 0 Å². The average Bonchev–Trinajstić information content (AvgIpc) is 3.04. The molecule has 16 nitrogen and oxygen atoms in total. The van der Waals surface area contributed by atoms with E-state index >= 15 is 0 Å². The smallest absolute Gasteiger partial charge is 0.479 e. The zero-order valence-electron chi connectivity index (χ0n) is 39.8. The van der Waals surface area contributed by atoms with E-state index in [-0.39, 0.29) is 48.0 Å². The van der Waals surface area contributed by atoms with Gasteiger partial charge >= 0.3 is 70.4 Å². The number of ether oxygens (including phenoxy) is 1. The second kappa shape index (κ2) is 19.7. The summed E-state index contributed by atoms with van der Waals surface area (Å²) < 4.78 is 100. The van der Waals surface area contributed by atoms with Crippen molar-refractivity contribution >= 4 is 70.4 Å². The van der Waals surface area contributed by atoms with Crippen molar-refractivity contribution in [2.75, 3.05) is 6.61 Å². The molecule has 62 heavy (non-hydrogen) atoms. The summed E-state index contributed by atoms with van der Waals surface area (Å²) in [6, 6.07) is 11.1. The summed E-state index contributed by atoms with van der Waals surface area (Å²) >= 11 is 0. The van der Waals surface area contributed by atoms with Crippen LogP contribution in [0.2, 0.25) is 48.4 Å². The molecule has 0 unspecified atom stereocenters. The van der Waals surface area contributed by atoms with Crippen LogP contribution in [0.3, 0.4) is 0 Å². The van der Waals surface area contributed by atoms with Crippen molar-refractivity contribution in [1.29, 1.82) is 0 Å². The molecule has 0 N–H and O–H groups in total. The van der Waals surface area contributed by atoms with Gasteiger partial charge in [0.15, 0.2) is 0 Å². The summed E-state index contributed by atoms with van der Waals surface area (Å²) in [7, 11) is -31.9. The van der Waals surface area contributed by atoms with Crippen LogP contribution in [-0.2, 0) is 55.9 Å². The minimum absolute atomic E-state index is 0.0805. The van der Waals surface area contributed by atoms with Gasteiger partial charge in [0.25, 0.3) is 0 Å². The van der Waals surface area contributed by atoms with Gasteiger partial charge in [0.05, 0.1) is 13.2 Å². The Kier molecular flexibility index (Phi) is 16.2. The molecule has 6 aliphatic heterocycles. The fourth-order valence-corrected chi connectivity index (χ4v) is 60.7. The number of azide groups is 1. The Bertz CT molecular complexity index is 1580. The molecule has 0 radical (unpaired) electrons. The second-order valence-electron chi connectivity index (χ2n) is 20.9. The molecule has 1 aromatic carbocycles. The average molecular weight is 1010 g/mol. The van der Waals surface area contributed by atoms with Gasteiger partial charge in [0.2, 0.25) is 0 Å². The Morgan fingerprint density at radius 1 is 0.435 bits per heavy atom. The van der Waals surface area contributed by atoms with Crippen LogP contribution in [-0.4, -0.2) is 77.0 Å². The van der Waals surface area contributed by atoms with Gasteiger partial charge in [-0.1, -0.05) is 114 Å². The lowest BCUT2D eigenvalue weighted by molar-refractivity contribution is -0.0343. The lowest BCUT2D eigenvalue weighted by atomic mass is 10.2. The molecule has 6 saturated heterocycles. The van der Waals surface area contributed by atoms with Gasteiger partial charge < -0.3 is 54.1 Å². The molecule has 0 aliphatic carbocycles. The first kappa shape index (κ1) is 51.0. The SMILES string of the molecule is CC(C)C[Si]12O[Si]3(CCCOc4ccc(CN=[N+]=[N-])cc4)O[Si]4(CC(C)C)O[Si](CC(C)C)(O1)O[Si]1(CC(C)C)O[Si](CC(C)C)(O2)O[Si](CC(C)C)(O3)O[Si](CC(C)C)(O4)O1. The normalized spacial score (nSPS) is 36.7. The molecule has 7 rings (SSSR count). The van der Waals surface area contributed by atoms with Crippen molar-refractivity contribution in [3.8, 4) is 5.75 Å². The van der Waals surface area contributed by atoms with Crippen LogP contribution in [0.4, 0.5) is 0 Å². The first-order valence-corrected chi connectivity index (χ1v) is 38.5. The molecule has 0 amide bonds. The van der Waals surface area contributed by atoms with Gasteiger partial charge in [-0.05, 0) is 71.1 Å². The van der Waals surface area contributed by atoms with Crippen LogP contribution in [0.15, 0.2) is 29.4 Å². The molecule has 352 valence electrons. The van der Waals surface area contributed by atoms with Crippen molar-refractivity contribution in [2.45, 2.75) is 158 Å². The maximum Gasteiger partial charge on any atom is 0.479 e. The first-order valence-electron chi connectivity index (χ1n) is 23.1. The molecule has 6 fully saturated rings. The molecule has 0 atom stereocenters. The molecule has 0 spiro atoms. The van der Waals surface area contributed by atoms with Crippen LogP contribution in [0.1, 0.15) is 109 Å². The number of benzene rings is 1. The summed E-state index contributed by atoms with van der Waals surface area (Å²) in [5.41, 5.74) is 9.68. The Morgan fingerprint density at radius 3 is 0.935 bits per heavy atom. The van der Waals surface area contributed by atoms with Gasteiger partial charge in [-0.25, -0.2) is 0 Å². The van der Waals surface area contributed by atoms with Gasteiger partial charge in [-0.3, -0.25) is 0 Å². The fraction of sp³-hybridized carbons (Fsp3) is 0.842. The molecule has 0 saturated carbocycles. The summed E-state index contributed by atoms with van der Waals surface area (Å²) in [5, 5.41) is 3.68. The standard InChI is InChI=1S/C38H75N3O13Si8/c1-30(2)23-56-43-55(21-15-20-42-38-18-16-37(17-19-38)22-40-41-39)44-57(24-31(3)4)48-59(46-56,26-33(7)8)52-62(29-36(13)14)53-60(47-56,27-34(9)10)49-58(45-55,25-32(5)6)51-61(50-57,54-62)28-35(11)12/h16-19,30-36H,15,20-29H2,1-14H3. The molecule has 24 heteroatoms. The molecular weight excluding hydrogens is 931 g/mol. The van der Waals surface area contributed by atoms with E-state index in [1.54, 1.807) is 0 Å². The number of hydrogen-bond donors (Lipinski definition) is 0. The Hall–Kier alpha value is -0.415. The van der Waals surface area contributed by atoms with E-state index < -0.39 is 70.4 Å². The van der Waals surface area contributed by atoms with E-state index in [0.717, 1.165) is 5.56 Å². The lowest BCUT2D eigenvalue weighted by Gasteiger charge is -2.64. The van der Waals surface area contributed by atoms with Crippen LogP contribution >= 0.6 is 0 Å². The highest BCUT2D eigenvalue weighted by atomic mass is 28.6. The third-order valence-electron chi connectivity index (χ3n) is 10.5. The topological polar surface area (TPSA) is 169 Å². The highest BCUT2D eigenvalue weighted by Crippen LogP contribution is 2.56. The number of hydrogen-bond acceptors (Lipinski definition) is 14. The minimum atomic E-state index is -4.08. The van der Waals surface area contributed by atoms with Gasteiger partial charge in [-0.15, -0.1) is 0 Å². The lowest BCUT2D eigenvalue weighted by Crippen LogP contribution is -2.88. The van der Waals surface area contributed by atoms with Gasteiger partial charge in [0.1, 0.15) is 5.75 Å². The van der Waals surface area contributed by atoms with Crippen molar-refractivity contribution in [1.82, 2.24) is 0 Å². The summed E-state index contributed by atoms with van der Waals surface area (Å²) in [6.45, 7) is 30.8. The summed E-state index contributed by atoms with van der Waals surface area (Å²) in [6.07, 6.45) is 0.503. The van der Waals surface area contributed by atoms with Crippen molar-refractivity contribution in [2.24, 2.45) is 46.5 Å². The Labute approximate surface area is 380 Å². The monoisotopic (exact) mass is 1010 g/mol. The van der Waals surface area contributed by atoms with E-state index in [1.807, 2.05) is 24.3 Å².